The minimum Gasteiger partial charge on any atom is -0.342 e. The van der Waals surface area contributed by atoms with Crippen molar-refractivity contribution < 1.29 is 14.0 Å². The van der Waals surface area contributed by atoms with Gasteiger partial charge in [-0.25, -0.2) is 4.39 Å². The van der Waals surface area contributed by atoms with Crippen molar-refractivity contribution >= 4 is 11.7 Å². The summed E-state index contributed by atoms with van der Waals surface area (Å²) in [6.07, 6.45) is 0.837. The first-order chi connectivity index (χ1) is 9.58. The summed E-state index contributed by atoms with van der Waals surface area (Å²) in [5, 5.41) is 0. The minimum absolute atomic E-state index is 0.0623. The lowest BCUT2D eigenvalue weighted by molar-refractivity contribution is -0.128. The standard InChI is InChI=1S/C15H19FN2O2/c1-12(19)18-8-4-7-17(9-10-18)11-15(20)13-5-2-3-6-14(13)16/h2-3,5-6H,4,7-11H2,1H3. The van der Waals surface area contributed by atoms with E-state index in [1.165, 1.54) is 12.1 Å². The molecule has 1 aromatic carbocycles. The number of Topliss-reactive ketones (excluding diaryl/α,β-unsaturated/α-hetero) is 1. The summed E-state index contributed by atoms with van der Waals surface area (Å²) in [5.41, 5.74) is 0.139. The van der Waals surface area contributed by atoms with E-state index in [0.29, 0.717) is 13.1 Å². The van der Waals surface area contributed by atoms with Gasteiger partial charge in [0.1, 0.15) is 5.82 Å². The maximum atomic E-state index is 13.6. The van der Waals surface area contributed by atoms with Crippen LogP contribution in [0.25, 0.3) is 0 Å². The molecule has 0 atom stereocenters. The van der Waals surface area contributed by atoms with Crippen LogP contribution in [0.4, 0.5) is 4.39 Å². The van der Waals surface area contributed by atoms with Gasteiger partial charge in [0.05, 0.1) is 12.1 Å². The van der Waals surface area contributed by atoms with Gasteiger partial charge in [0, 0.05) is 33.1 Å². The van der Waals surface area contributed by atoms with Crippen LogP contribution in [0.3, 0.4) is 0 Å². The molecule has 1 aromatic rings. The van der Waals surface area contributed by atoms with Gasteiger partial charge < -0.3 is 4.90 Å². The molecule has 1 aliphatic heterocycles. The van der Waals surface area contributed by atoms with Gasteiger partial charge in [-0.05, 0) is 18.6 Å². The number of nitrogens with zero attached hydrogens (tertiary/aromatic N) is 2. The fourth-order valence-corrected chi connectivity index (χ4v) is 2.42. The van der Waals surface area contributed by atoms with Crippen LogP contribution in [0, 0.1) is 5.82 Å². The molecule has 0 aromatic heterocycles. The van der Waals surface area contributed by atoms with Gasteiger partial charge in [0.2, 0.25) is 5.91 Å². The van der Waals surface area contributed by atoms with Crippen LogP contribution < -0.4 is 0 Å². The molecule has 5 heteroatoms. The summed E-state index contributed by atoms with van der Waals surface area (Å²) in [5.74, 6) is -0.621. The normalized spacial score (nSPS) is 16.8. The van der Waals surface area contributed by atoms with Crippen LogP contribution in [0.5, 0.6) is 0 Å². The number of hydrogen-bond donors (Lipinski definition) is 0. The van der Waals surface area contributed by atoms with E-state index in [2.05, 4.69) is 0 Å². The summed E-state index contributed by atoms with van der Waals surface area (Å²) >= 11 is 0. The van der Waals surface area contributed by atoms with Crippen molar-refractivity contribution in [2.24, 2.45) is 0 Å². The van der Waals surface area contributed by atoms with Crippen molar-refractivity contribution in [1.82, 2.24) is 9.80 Å². The molecule has 0 saturated carbocycles. The molecule has 1 saturated heterocycles. The molecule has 0 radical (unpaired) electrons. The van der Waals surface area contributed by atoms with Crippen molar-refractivity contribution in [3.05, 3.63) is 35.6 Å². The molecule has 4 nitrogen and oxygen atoms in total. The SMILES string of the molecule is CC(=O)N1CCCN(CC(=O)c2ccccc2F)CC1. The number of carbonyl (C=O) groups is 2. The largest absolute Gasteiger partial charge is 0.342 e. The smallest absolute Gasteiger partial charge is 0.219 e. The molecule has 1 fully saturated rings. The Hall–Kier alpha value is -1.75. The number of rotatable bonds is 3. The fourth-order valence-electron chi connectivity index (χ4n) is 2.42. The molecular weight excluding hydrogens is 259 g/mol. The Labute approximate surface area is 118 Å². The second-order valence-electron chi connectivity index (χ2n) is 5.04. The van der Waals surface area contributed by atoms with Gasteiger partial charge in [-0.3, -0.25) is 14.5 Å². The van der Waals surface area contributed by atoms with E-state index in [1.807, 2.05) is 4.90 Å². The lowest BCUT2D eigenvalue weighted by Crippen LogP contribution is -2.35. The second kappa shape index (κ2) is 6.61. The van der Waals surface area contributed by atoms with Crippen molar-refractivity contribution in [3.8, 4) is 0 Å². The first kappa shape index (κ1) is 14.7. The molecule has 1 amide bonds. The van der Waals surface area contributed by atoms with E-state index < -0.39 is 5.82 Å². The average molecular weight is 278 g/mol. The van der Waals surface area contributed by atoms with E-state index >= 15 is 0 Å². The van der Waals surface area contributed by atoms with Crippen molar-refractivity contribution in [1.29, 1.82) is 0 Å². The highest BCUT2D eigenvalue weighted by molar-refractivity contribution is 5.97. The number of halogens is 1. The number of amides is 1. The highest BCUT2D eigenvalue weighted by Crippen LogP contribution is 2.10. The molecule has 1 heterocycles. The predicted molar refractivity (Wildman–Crippen MR) is 74.0 cm³/mol. The van der Waals surface area contributed by atoms with Crippen LogP contribution in [-0.2, 0) is 4.79 Å². The van der Waals surface area contributed by atoms with E-state index in [9.17, 15) is 14.0 Å². The summed E-state index contributed by atoms with van der Waals surface area (Å²) < 4.78 is 13.6. The zero-order chi connectivity index (χ0) is 14.5. The zero-order valence-corrected chi connectivity index (χ0v) is 11.6. The van der Waals surface area contributed by atoms with Crippen molar-refractivity contribution in [3.63, 3.8) is 0 Å². The van der Waals surface area contributed by atoms with Crippen LogP contribution in [0.2, 0.25) is 0 Å². The molecular formula is C15H19FN2O2. The lowest BCUT2D eigenvalue weighted by atomic mass is 10.1. The third kappa shape index (κ3) is 3.63. The molecule has 0 unspecified atom stereocenters. The van der Waals surface area contributed by atoms with E-state index in [1.54, 1.807) is 24.0 Å². The Morgan fingerprint density at radius 1 is 1.15 bits per heavy atom. The van der Waals surface area contributed by atoms with Crippen LogP contribution >= 0.6 is 0 Å². The molecule has 2 rings (SSSR count). The van der Waals surface area contributed by atoms with Gasteiger partial charge >= 0.3 is 0 Å². The summed E-state index contributed by atoms with van der Waals surface area (Å²) in [4.78, 5) is 27.2. The highest BCUT2D eigenvalue weighted by Gasteiger charge is 2.20. The lowest BCUT2D eigenvalue weighted by Gasteiger charge is -2.20. The zero-order valence-electron chi connectivity index (χ0n) is 11.6. The minimum atomic E-state index is -0.474. The van der Waals surface area contributed by atoms with E-state index in [0.717, 1.165) is 19.5 Å². The number of carbonyl (C=O) groups excluding carboxylic acids is 2. The highest BCUT2D eigenvalue weighted by atomic mass is 19.1. The Balaban J connectivity index is 1.95. The molecule has 0 aliphatic carbocycles. The van der Waals surface area contributed by atoms with Crippen molar-refractivity contribution in [2.75, 3.05) is 32.7 Å². The fraction of sp³-hybridized carbons (Fsp3) is 0.467. The number of hydrogen-bond acceptors (Lipinski definition) is 3. The molecule has 0 N–H and O–H groups in total. The maximum Gasteiger partial charge on any atom is 0.219 e. The van der Waals surface area contributed by atoms with Gasteiger partial charge in [-0.2, -0.15) is 0 Å². The number of ketones is 1. The predicted octanol–water partition coefficient (Wildman–Crippen LogP) is 1.56. The number of benzene rings is 1. The monoisotopic (exact) mass is 278 g/mol. The molecule has 20 heavy (non-hydrogen) atoms. The Morgan fingerprint density at radius 3 is 2.60 bits per heavy atom. The third-order valence-electron chi connectivity index (χ3n) is 3.58. The first-order valence-electron chi connectivity index (χ1n) is 6.83. The summed E-state index contributed by atoms with van der Waals surface area (Å²) in [6.45, 7) is 4.51. The van der Waals surface area contributed by atoms with E-state index in [-0.39, 0.29) is 23.8 Å². The molecule has 0 bridgehead atoms. The quantitative estimate of drug-likeness (QED) is 0.788. The van der Waals surface area contributed by atoms with Crippen LogP contribution in [0.1, 0.15) is 23.7 Å². The maximum absolute atomic E-state index is 13.6. The Morgan fingerprint density at radius 2 is 1.90 bits per heavy atom. The third-order valence-corrected chi connectivity index (χ3v) is 3.58. The average Bonchev–Trinajstić information content (AvgIpc) is 2.65. The van der Waals surface area contributed by atoms with Gasteiger partial charge in [-0.15, -0.1) is 0 Å². The topological polar surface area (TPSA) is 40.6 Å². The first-order valence-corrected chi connectivity index (χ1v) is 6.83. The molecule has 0 spiro atoms. The van der Waals surface area contributed by atoms with Crippen LogP contribution in [0.15, 0.2) is 24.3 Å². The van der Waals surface area contributed by atoms with Gasteiger partial charge in [0.15, 0.2) is 5.78 Å². The Kier molecular flexibility index (Phi) is 4.84. The second-order valence-corrected chi connectivity index (χ2v) is 5.04. The molecule has 108 valence electrons. The van der Waals surface area contributed by atoms with E-state index in [4.69, 9.17) is 0 Å². The summed E-state index contributed by atoms with van der Waals surface area (Å²) in [7, 11) is 0. The molecule has 1 aliphatic rings. The summed E-state index contributed by atoms with van der Waals surface area (Å²) in [6, 6.07) is 6.05. The Bertz CT molecular complexity index is 504. The van der Waals surface area contributed by atoms with Gasteiger partial charge in [-0.1, -0.05) is 12.1 Å². The van der Waals surface area contributed by atoms with Crippen molar-refractivity contribution in [2.45, 2.75) is 13.3 Å². The van der Waals surface area contributed by atoms with Crippen LogP contribution in [-0.4, -0.2) is 54.2 Å². The van der Waals surface area contributed by atoms with Gasteiger partial charge in [0.25, 0.3) is 0 Å².